The maximum atomic E-state index is 13.7. The molecule has 1 aromatic rings. The predicted octanol–water partition coefficient (Wildman–Crippen LogP) is 6.83. The Labute approximate surface area is 148 Å². The number of alkyl halides is 13. The fourth-order valence-electron chi connectivity index (χ4n) is 1.96. The molecule has 1 aromatic carbocycles. The van der Waals surface area contributed by atoms with Crippen molar-refractivity contribution < 1.29 is 57.1 Å². The van der Waals surface area contributed by atoms with Crippen molar-refractivity contribution in [2.24, 2.45) is 0 Å². The largest absolute Gasteiger partial charge is 0.460 e. The average Bonchev–Trinajstić information content (AvgIpc) is 2.53. The van der Waals surface area contributed by atoms with Crippen LogP contribution in [-0.2, 0) is 0 Å². The summed E-state index contributed by atoms with van der Waals surface area (Å²) in [4.78, 5) is 0. The molecule has 0 nitrogen and oxygen atoms in total. The molecule has 13 heteroatoms. The minimum atomic E-state index is -7.89. The van der Waals surface area contributed by atoms with Gasteiger partial charge < -0.3 is 0 Å². The Balaban J connectivity index is 3.35. The van der Waals surface area contributed by atoms with Gasteiger partial charge in [0.05, 0.1) is 0 Å². The lowest BCUT2D eigenvalue weighted by molar-refractivity contribution is -0.439. The average molecular weight is 436 g/mol. The minimum absolute atomic E-state index is 0.311. The highest BCUT2D eigenvalue weighted by molar-refractivity contribution is 5.64. The highest BCUT2D eigenvalue weighted by Crippen LogP contribution is 2.61. The zero-order valence-electron chi connectivity index (χ0n) is 13.2. The van der Waals surface area contributed by atoms with E-state index in [0.29, 0.717) is 0 Å². The van der Waals surface area contributed by atoms with Crippen molar-refractivity contribution >= 4 is 5.57 Å². The number of hydrogen-bond donors (Lipinski definition) is 0. The summed E-state index contributed by atoms with van der Waals surface area (Å²) in [5.41, 5.74) is -1.29. The van der Waals surface area contributed by atoms with Crippen molar-refractivity contribution in [2.75, 3.05) is 0 Å². The first-order valence-electron chi connectivity index (χ1n) is 6.93. The van der Waals surface area contributed by atoms with E-state index in [0.717, 1.165) is 12.1 Å². The first-order valence-corrected chi connectivity index (χ1v) is 6.93. The normalized spacial score (nSPS) is 14.9. The van der Waals surface area contributed by atoms with Crippen LogP contribution in [0.15, 0.2) is 36.9 Å². The molecule has 0 saturated heterocycles. The summed E-state index contributed by atoms with van der Waals surface area (Å²) in [7, 11) is 0. The summed E-state index contributed by atoms with van der Waals surface area (Å²) >= 11 is 0. The van der Waals surface area contributed by atoms with Gasteiger partial charge in [-0.3, -0.25) is 0 Å². The summed E-state index contributed by atoms with van der Waals surface area (Å²) < 4.78 is 169. The maximum Gasteiger partial charge on any atom is 0.460 e. The summed E-state index contributed by atoms with van der Waals surface area (Å²) in [5.74, 6) is -36.8. The molecule has 0 spiro atoms. The van der Waals surface area contributed by atoms with Gasteiger partial charge in [-0.25, -0.2) is 0 Å². The van der Waals surface area contributed by atoms with Gasteiger partial charge in [0.25, 0.3) is 0 Å². The third kappa shape index (κ3) is 3.54. The lowest BCUT2D eigenvalue weighted by atomic mass is 9.90. The maximum absolute atomic E-state index is 13.7. The van der Waals surface area contributed by atoms with Gasteiger partial charge in [0.2, 0.25) is 0 Å². The molecule has 28 heavy (non-hydrogen) atoms. The smallest absolute Gasteiger partial charge is 0.199 e. The van der Waals surface area contributed by atoms with Gasteiger partial charge in [-0.1, -0.05) is 36.9 Å². The van der Waals surface area contributed by atoms with E-state index in [2.05, 4.69) is 6.58 Å². The monoisotopic (exact) mass is 436 g/mol. The van der Waals surface area contributed by atoms with Crippen LogP contribution in [-0.4, -0.2) is 35.8 Å². The van der Waals surface area contributed by atoms with E-state index in [9.17, 15) is 57.1 Å². The van der Waals surface area contributed by atoms with Gasteiger partial charge >= 0.3 is 35.8 Å². The molecule has 0 aliphatic rings. The van der Waals surface area contributed by atoms with E-state index in [1.807, 2.05) is 0 Å². The van der Waals surface area contributed by atoms with Crippen LogP contribution in [0.3, 0.4) is 0 Å². The standard InChI is InChI=1S/C15H9F13/c1-8(9-5-3-2-4-6-9)7-10(16,17)11(18,19)12(20,21)13(22,23)14(24,25)15(26,27)28/h2-6H,1,7H2. The Morgan fingerprint density at radius 2 is 1.00 bits per heavy atom. The van der Waals surface area contributed by atoms with Gasteiger partial charge in [0.1, 0.15) is 0 Å². The number of allylic oxidation sites excluding steroid dienone is 1. The fraction of sp³-hybridized carbons (Fsp3) is 0.467. The molecule has 0 fully saturated rings. The van der Waals surface area contributed by atoms with Crippen LogP contribution in [0.2, 0.25) is 0 Å². The van der Waals surface area contributed by atoms with Crippen molar-refractivity contribution in [3.05, 3.63) is 42.5 Å². The Bertz CT molecular complexity index is 700. The van der Waals surface area contributed by atoms with Crippen molar-refractivity contribution in [1.82, 2.24) is 0 Å². The Hall–Kier alpha value is -1.95. The van der Waals surface area contributed by atoms with Gasteiger partial charge in [0.15, 0.2) is 0 Å². The topological polar surface area (TPSA) is 0 Å². The highest BCUT2D eigenvalue weighted by Gasteiger charge is 2.90. The second-order valence-corrected chi connectivity index (χ2v) is 5.65. The molecule has 0 saturated carbocycles. The number of rotatable bonds is 7. The second kappa shape index (κ2) is 6.83. The lowest BCUT2D eigenvalue weighted by Crippen LogP contribution is -2.70. The van der Waals surface area contributed by atoms with Crippen LogP contribution < -0.4 is 0 Å². The third-order valence-corrected chi connectivity index (χ3v) is 3.62. The molecule has 1 rings (SSSR count). The van der Waals surface area contributed by atoms with Crippen molar-refractivity contribution in [2.45, 2.75) is 42.2 Å². The van der Waals surface area contributed by atoms with E-state index < -0.39 is 47.8 Å². The van der Waals surface area contributed by atoms with Gasteiger partial charge in [-0.2, -0.15) is 57.1 Å². The van der Waals surface area contributed by atoms with E-state index in [-0.39, 0.29) is 5.56 Å². The summed E-state index contributed by atoms with van der Waals surface area (Å²) in [5, 5.41) is 0. The van der Waals surface area contributed by atoms with Crippen LogP contribution >= 0.6 is 0 Å². The van der Waals surface area contributed by atoms with Crippen LogP contribution in [0, 0.1) is 0 Å². The molecular formula is C15H9F13. The summed E-state index contributed by atoms with van der Waals surface area (Å²) in [6, 6.07) is 5.70. The molecule has 0 aromatic heterocycles. The van der Waals surface area contributed by atoms with Gasteiger partial charge in [-0.05, 0) is 11.1 Å². The molecule has 0 aliphatic carbocycles. The molecular weight excluding hydrogens is 427 g/mol. The molecule has 0 N–H and O–H groups in total. The zero-order valence-corrected chi connectivity index (χ0v) is 13.2. The summed E-state index contributed by atoms with van der Waals surface area (Å²) in [6.45, 7) is 2.88. The van der Waals surface area contributed by atoms with Crippen LogP contribution in [0.4, 0.5) is 57.1 Å². The predicted molar refractivity (Wildman–Crippen MR) is 70.9 cm³/mol. The fourth-order valence-corrected chi connectivity index (χ4v) is 1.96. The number of halogens is 13. The van der Waals surface area contributed by atoms with Gasteiger partial charge in [-0.15, -0.1) is 0 Å². The number of benzene rings is 1. The zero-order chi connectivity index (χ0) is 22.4. The molecule has 0 radical (unpaired) electrons. The molecule has 0 bridgehead atoms. The molecule has 0 atom stereocenters. The van der Waals surface area contributed by atoms with Crippen molar-refractivity contribution in [1.29, 1.82) is 0 Å². The summed E-state index contributed by atoms with van der Waals surface area (Å²) in [6.07, 6.45) is -9.84. The first kappa shape index (κ1) is 24.1. The number of hydrogen-bond acceptors (Lipinski definition) is 0. The van der Waals surface area contributed by atoms with E-state index in [4.69, 9.17) is 0 Å². The van der Waals surface area contributed by atoms with Gasteiger partial charge in [0, 0.05) is 6.42 Å². The van der Waals surface area contributed by atoms with E-state index in [1.54, 1.807) is 0 Å². The van der Waals surface area contributed by atoms with E-state index >= 15 is 0 Å². The van der Waals surface area contributed by atoms with Crippen LogP contribution in [0.5, 0.6) is 0 Å². The Kier molecular flexibility index (Phi) is 5.88. The van der Waals surface area contributed by atoms with Crippen LogP contribution in [0.1, 0.15) is 12.0 Å². The lowest BCUT2D eigenvalue weighted by Gasteiger charge is -2.39. The Morgan fingerprint density at radius 1 is 0.607 bits per heavy atom. The minimum Gasteiger partial charge on any atom is -0.199 e. The van der Waals surface area contributed by atoms with Crippen molar-refractivity contribution in [3.8, 4) is 0 Å². The highest BCUT2D eigenvalue weighted by atomic mass is 19.4. The second-order valence-electron chi connectivity index (χ2n) is 5.65. The van der Waals surface area contributed by atoms with Crippen molar-refractivity contribution in [3.63, 3.8) is 0 Å². The molecule has 160 valence electrons. The Morgan fingerprint density at radius 3 is 1.39 bits per heavy atom. The molecule has 0 heterocycles. The first-order chi connectivity index (χ1) is 12.2. The third-order valence-electron chi connectivity index (χ3n) is 3.62. The van der Waals surface area contributed by atoms with E-state index in [1.165, 1.54) is 18.2 Å². The molecule has 0 amide bonds. The molecule has 0 aliphatic heterocycles. The van der Waals surface area contributed by atoms with Crippen LogP contribution in [0.25, 0.3) is 5.57 Å². The quantitative estimate of drug-likeness (QED) is 0.411. The molecule has 0 unspecified atom stereocenters. The SMILES string of the molecule is C=C(CC(F)(F)C(F)(F)C(F)(F)C(F)(F)C(F)(F)C(F)(F)F)c1ccccc1.